The minimum Gasteiger partial charge on any atom is -0.496 e. The first-order valence-electron chi connectivity index (χ1n) is 5.63. The summed E-state index contributed by atoms with van der Waals surface area (Å²) in [6.07, 6.45) is 3.83. The van der Waals surface area contributed by atoms with E-state index in [1.54, 1.807) is 0 Å². The maximum Gasteiger partial charge on any atom is 0.339 e. The quantitative estimate of drug-likeness (QED) is 0.845. The molecule has 0 saturated heterocycles. The second kappa shape index (κ2) is 5.75. The molecule has 0 bridgehead atoms. The van der Waals surface area contributed by atoms with Crippen LogP contribution in [-0.4, -0.2) is 36.6 Å². The summed E-state index contributed by atoms with van der Waals surface area (Å²) in [6, 6.07) is 3.55. The lowest BCUT2D eigenvalue weighted by atomic mass is 10.2. The summed E-state index contributed by atoms with van der Waals surface area (Å²) >= 11 is 0. The Morgan fingerprint density at radius 2 is 1.95 bits per heavy atom. The van der Waals surface area contributed by atoms with Gasteiger partial charge in [0.05, 0.1) is 30.1 Å². The summed E-state index contributed by atoms with van der Waals surface area (Å²) in [5, 5.41) is 9.06. The molecule has 2 aromatic rings. The number of methoxy groups -OCH3 is 1. The second-order valence-corrected chi connectivity index (χ2v) is 5.58. The van der Waals surface area contributed by atoms with Gasteiger partial charge in [0.2, 0.25) is 0 Å². The number of anilines is 1. The van der Waals surface area contributed by atoms with E-state index in [2.05, 4.69) is 14.7 Å². The molecular weight excluding hydrogens is 298 g/mol. The average Bonchev–Trinajstić information content (AvgIpc) is 2.47. The third-order valence-electron chi connectivity index (χ3n) is 2.52. The zero-order valence-electron chi connectivity index (χ0n) is 10.8. The fraction of sp³-hybridized carbons (Fsp3) is 0.0833. The number of aromatic nitrogens is 2. The van der Waals surface area contributed by atoms with Crippen LogP contribution in [0.25, 0.3) is 0 Å². The van der Waals surface area contributed by atoms with Crippen LogP contribution in [0.15, 0.2) is 41.8 Å². The molecule has 0 aliphatic heterocycles. The highest BCUT2D eigenvalue weighted by Crippen LogP contribution is 2.23. The Hall–Kier alpha value is -2.68. The SMILES string of the molecule is COc1ccc(S(=O)(=O)Nc2cncnc2)cc1C(=O)O. The first kappa shape index (κ1) is 14.7. The minimum absolute atomic E-state index is 0.0736. The standard InChI is InChI=1S/C12H11N3O5S/c1-20-11-3-2-9(4-10(11)12(16)17)21(18,19)15-8-5-13-7-14-6-8/h2-7,15H,1H3,(H,16,17). The molecule has 0 fully saturated rings. The first-order valence-corrected chi connectivity index (χ1v) is 7.11. The van der Waals surface area contributed by atoms with E-state index in [0.717, 1.165) is 6.07 Å². The molecule has 9 heteroatoms. The van der Waals surface area contributed by atoms with E-state index in [-0.39, 0.29) is 21.9 Å². The summed E-state index contributed by atoms with van der Waals surface area (Å²) in [5.74, 6) is -1.21. The van der Waals surface area contributed by atoms with Crippen molar-refractivity contribution in [1.82, 2.24) is 9.97 Å². The number of nitrogens with zero attached hydrogens (tertiary/aromatic N) is 2. The molecule has 2 N–H and O–H groups in total. The molecule has 2 rings (SSSR count). The van der Waals surface area contributed by atoms with Crippen molar-refractivity contribution in [2.45, 2.75) is 4.90 Å². The van der Waals surface area contributed by atoms with Gasteiger partial charge in [0.1, 0.15) is 17.6 Å². The van der Waals surface area contributed by atoms with Gasteiger partial charge < -0.3 is 9.84 Å². The van der Waals surface area contributed by atoms with E-state index in [1.165, 1.54) is 38.0 Å². The fourth-order valence-electron chi connectivity index (χ4n) is 1.59. The number of ether oxygens (including phenoxy) is 1. The monoisotopic (exact) mass is 309 g/mol. The van der Waals surface area contributed by atoms with Crippen LogP contribution >= 0.6 is 0 Å². The van der Waals surface area contributed by atoms with Gasteiger partial charge in [0.25, 0.3) is 10.0 Å². The van der Waals surface area contributed by atoms with Crippen molar-refractivity contribution in [2.75, 3.05) is 11.8 Å². The van der Waals surface area contributed by atoms with E-state index in [0.29, 0.717) is 0 Å². The highest BCUT2D eigenvalue weighted by atomic mass is 32.2. The van der Waals surface area contributed by atoms with Gasteiger partial charge in [-0.25, -0.2) is 23.2 Å². The van der Waals surface area contributed by atoms with Gasteiger partial charge in [-0.15, -0.1) is 0 Å². The number of carbonyl (C=O) groups is 1. The predicted molar refractivity (Wildman–Crippen MR) is 72.8 cm³/mol. The van der Waals surface area contributed by atoms with Crippen molar-refractivity contribution in [3.63, 3.8) is 0 Å². The molecule has 0 radical (unpaired) electrons. The van der Waals surface area contributed by atoms with E-state index >= 15 is 0 Å². The topological polar surface area (TPSA) is 118 Å². The molecule has 21 heavy (non-hydrogen) atoms. The lowest BCUT2D eigenvalue weighted by Gasteiger charge is -2.10. The number of carboxylic acids is 1. The minimum atomic E-state index is -3.94. The van der Waals surface area contributed by atoms with Crippen LogP contribution in [0.3, 0.4) is 0 Å². The van der Waals surface area contributed by atoms with Crippen molar-refractivity contribution < 1.29 is 23.1 Å². The molecule has 8 nitrogen and oxygen atoms in total. The van der Waals surface area contributed by atoms with E-state index in [4.69, 9.17) is 9.84 Å². The number of aromatic carboxylic acids is 1. The van der Waals surface area contributed by atoms with Crippen molar-refractivity contribution >= 4 is 21.7 Å². The van der Waals surface area contributed by atoms with Crippen LogP contribution < -0.4 is 9.46 Å². The van der Waals surface area contributed by atoms with Crippen LogP contribution in [0.1, 0.15) is 10.4 Å². The Morgan fingerprint density at radius 3 is 2.52 bits per heavy atom. The van der Waals surface area contributed by atoms with Crippen LogP contribution in [0.2, 0.25) is 0 Å². The fourth-order valence-corrected chi connectivity index (χ4v) is 2.64. The maximum atomic E-state index is 12.2. The van der Waals surface area contributed by atoms with Crippen LogP contribution in [0.5, 0.6) is 5.75 Å². The summed E-state index contributed by atoms with van der Waals surface area (Å²) in [5.41, 5.74) is -0.0742. The van der Waals surface area contributed by atoms with E-state index < -0.39 is 16.0 Å². The smallest absolute Gasteiger partial charge is 0.339 e. The summed E-state index contributed by atoms with van der Waals surface area (Å²) in [7, 11) is -2.64. The van der Waals surface area contributed by atoms with Crippen LogP contribution in [0, 0.1) is 0 Å². The van der Waals surface area contributed by atoms with Gasteiger partial charge in [-0.05, 0) is 18.2 Å². The zero-order valence-corrected chi connectivity index (χ0v) is 11.7. The largest absolute Gasteiger partial charge is 0.496 e. The van der Waals surface area contributed by atoms with E-state index in [1.807, 2.05) is 0 Å². The molecule has 110 valence electrons. The van der Waals surface area contributed by atoms with Crippen LogP contribution in [0.4, 0.5) is 5.69 Å². The van der Waals surface area contributed by atoms with Gasteiger partial charge in [-0.3, -0.25) is 4.72 Å². The molecule has 1 heterocycles. The van der Waals surface area contributed by atoms with Crippen molar-refractivity contribution in [1.29, 1.82) is 0 Å². The Balaban J connectivity index is 2.41. The number of rotatable bonds is 5. The molecule has 0 unspecified atom stereocenters. The van der Waals surface area contributed by atoms with E-state index in [9.17, 15) is 13.2 Å². The molecular formula is C12H11N3O5S. The highest BCUT2D eigenvalue weighted by molar-refractivity contribution is 7.92. The Labute approximate surface area is 120 Å². The second-order valence-electron chi connectivity index (χ2n) is 3.90. The Bertz CT molecular complexity index is 762. The summed E-state index contributed by atoms with van der Waals surface area (Å²) in [6.45, 7) is 0. The molecule has 0 aliphatic carbocycles. The highest BCUT2D eigenvalue weighted by Gasteiger charge is 2.19. The maximum absolute atomic E-state index is 12.2. The van der Waals surface area contributed by atoms with Gasteiger partial charge in [-0.2, -0.15) is 0 Å². The van der Waals surface area contributed by atoms with Gasteiger partial charge in [0, 0.05) is 0 Å². The van der Waals surface area contributed by atoms with Gasteiger partial charge in [-0.1, -0.05) is 0 Å². The lowest BCUT2D eigenvalue weighted by molar-refractivity contribution is 0.0693. The van der Waals surface area contributed by atoms with Crippen molar-refractivity contribution in [2.24, 2.45) is 0 Å². The van der Waals surface area contributed by atoms with Crippen molar-refractivity contribution in [3.05, 3.63) is 42.5 Å². The average molecular weight is 309 g/mol. The third kappa shape index (κ3) is 3.26. The molecule has 1 aromatic heterocycles. The number of sulfonamides is 1. The Kier molecular flexibility index (Phi) is 4.03. The summed E-state index contributed by atoms with van der Waals surface area (Å²) < 4.78 is 31.5. The number of hydrogen-bond acceptors (Lipinski definition) is 6. The molecule has 0 amide bonds. The number of hydrogen-bond donors (Lipinski definition) is 2. The predicted octanol–water partition coefficient (Wildman–Crippen LogP) is 0.984. The van der Waals surface area contributed by atoms with Gasteiger partial charge >= 0.3 is 5.97 Å². The first-order chi connectivity index (χ1) is 9.94. The molecule has 0 saturated carbocycles. The lowest BCUT2D eigenvalue weighted by Crippen LogP contribution is -2.14. The molecule has 0 aliphatic rings. The summed E-state index contributed by atoms with van der Waals surface area (Å²) in [4.78, 5) is 18.3. The number of nitrogens with one attached hydrogen (secondary N) is 1. The Morgan fingerprint density at radius 1 is 1.29 bits per heavy atom. The zero-order chi connectivity index (χ0) is 15.5. The molecule has 0 atom stereocenters. The van der Waals surface area contributed by atoms with Crippen LogP contribution in [-0.2, 0) is 10.0 Å². The van der Waals surface area contributed by atoms with Crippen molar-refractivity contribution in [3.8, 4) is 5.75 Å². The number of benzene rings is 1. The molecule has 1 aromatic carbocycles. The van der Waals surface area contributed by atoms with Gasteiger partial charge in [0.15, 0.2) is 0 Å². The molecule has 0 spiro atoms. The number of carboxylic acid groups (broad SMARTS) is 1. The third-order valence-corrected chi connectivity index (χ3v) is 3.90. The normalized spacial score (nSPS) is 10.9.